The Labute approximate surface area is 122 Å². The average Bonchev–Trinajstić information content (AvgIpc) is 2.48. The van der Waals surface area contributed by atoms with Crippen LogP contribution in [0.3, 0.4) is 0 Å². The molecule has 1 aromatic heterocycles. The summed E-state index contributed by atoms with van der Waals surface area (Å²) in [6.45, 7) is 6.05. The van der Waals surface area contributed by atoms with Crippen LogP contribution in [0, 0.1) is 10.1 Å². The summed E-state index contributed by atoms with van der Waals surface area (Å²) in [5, 5.41) is 13.9. The van der Waals surface area contributed by atoms with Crippen LogP contribution >= 0.6 is 0 Å². The Kier molecular flexibility index (Phi) is 5.04. The van der Waals surface area contributed by atoms with E-state index < -0.39 is 4.92 Å². The van der Waals surface area contributed by atoms with E-state index in [1.54, 1.807) is 13.0 Å². The Morgan fingerprint density at radius 1 is 1.43 bits per heavy atom. The van der Waals surface area contributed by atoms with Crippen molar-refractivity contribution < 1.29 is 9.72 Å². The molecule has 0 spiro atoms. The van der Waals surface area contributed by atoms with Crippen LogP contribution in [0.4, 0.5) is 11.5 Å². The highest BCUT2D eigenvalue weighted by Gasteiger charge is 2.18. The lowest BCUT2D eigenvalue weighted by Gasteiger charge is -2.34. The fraction of sp³-hybridized carbons (Fsp3) is 0.538. The lowest BCUT2D eigenvalue weighted by molar-refractivity contribution is -0.384. The molecule has 0 saturated carbocycles. The van der Waals surface area contributed by atoms with Gasteiger partial charge in [0.1, 0.15) is 0 Å². The van der Waals surface area contributed by atoms with E-state index >= 15 is 0 Å². The molecular weight excluding hydrogens is 274 g/mol. The maximum atomic E-state index is 11.2. The number of nitrogens with zero attached hydrogens (tertiary/aromatic N) is 4. The van der Waals surface area contributed by atoms with Gasteiger partial charge in [0, 0.05) is 58.5 Å². The third-order valence-electron chi connectivity index (χ3n) is 3.52. The second kappa shape index (κ2) is 6.98. The summed E-state index contributed by atoms with van der Waals surface area (Å²) >= 11 is 0. The molecule has 8 heteroatoms. The molecule has 1 aliphatic heterocycles. The summed E-state index contributed by atoms with van der Waals surface area (Å²) in [5.41, 5.74) is -0.0149. The van der Waals surface area contributed by atoms with Crippen molar-refractivity contribution in [3.05, 3.63) is 28.4 Å². The van der Waals surface area contributed by atoms with Crippen LogP contribution in [0.15, 0.2) is 18.3 Å². The van der Waals surface area contributed by atoms with Crippen molar-refractivity contribution in [3.8, 4) is 0 Å². The monoisotopic (exact) mass is 293 g/mol. The first-order valence-corrected chi connectivity index (χ1v) is 6.89. The second-order valence-corrected chi connectivity index (χ2v) is 4.90. The molecule has 8 nitrogen and oxygen atoms in total. The molecule has 114 valence electrons. The maximum Gasteiger partial charge on any atom is 0.311 e. The van der Waals surface area contributed by atoms with Crippen molar-refractivity contribution in [2.24, 2.45) is 0 Å². The van der Waals surface area contributed by atoms with E-state index in [-0.39, 0.29) is 11.6 Å². The van der Waals surface area contributed by atoms with Crippen LogP contribution in [0.5, 0.6) is 0 Å². The van der Waals surface area contributed by atoms with Gasteiger partial charge in [0.25, 0.3) is 0 Å². The van der Waals surface area contributed by atoms with Gasteiger partial charge in [-0.1, -0.05) is 0 Å². The van der Waals surface area contributed by atoms with Crippen molar-refractivity contribution in [1.29, 1.82) is 0 Å². The Morgan fingerprint density at radius 2 is 2.14 bits per heavy atom. The molecule has 1 aliphatic rings. The number of rotatable bonds is 5. The predicted octanol–water partition coefficient (Wildman–Crippen LogP) is 0.566. The fourth-order valence-corrected chi connectivity index (χ4v) is 2.30. The molecule has 0 bridgehead atoms. The first-order chi connectivity index (χ1) is 10.1. The number of nitrogens with one attached hydrogen (secondary N) is 1. The minimum Gasteiger partial charge on any atom is -0.363 e. The summed E-state index contributed by atoms with van der Waals surface area (Å²) in [4.78, 5) is 29.7. The number of carbonyl (C=O) groups is 1. The Hall–Kier alpha value is -2.22. The third kappa shape index (κ3) is 4.12. The highest BCUT2D eigenvalue weighted by Crippen LogP contribution is 2.19. The van der Waals surface area contributed by atoms with Gasteiger partial charge in [0.15, 0.2) is 0 Å². The molecule has 1 fully saturated rings. The van der Waals surface area contributed by atoms with E-state index in [0.29, 0.717) is 12.4 Å². The standard InChI is InChI=1S/C13H19N5O3/c1-11(19)17-9-7-16(8-10-17)6-5-15-13-12(18(20)21)3-2-4-14-13/h2-4H,5-10H2,1H3,(H,14,15). The minimum absolute atomic E-state index is 0.0149. The number of amides is 1. The Morgan fingerprint density at radius 3 is 2.76 bits per heavy atom. The van der Waals surface area contributed by atoms with Gasteiger partial charge in [-0.2, -0.15) is 0 Å². The number of pyridine rings is 1. The van der Waals surface area contributed by atoms with E-state index in [4.69, 9.17) is 0 Å². The number of hydrogen-bond acceptors (Lipinski definition) is 6. The van der Waals surface area contributed by atoms with Crippen molar-refractivity contribution in [2.45, 2.75) is 6.92 Å². The number of hydrogen-bond donors (Lipinski definition) is 1. The zero-order valence-electron chi connectivity index (χ0n) is 12.0. The quantitative estimate of drug-likeness (QED) is 0.630. The lowest BCUT2D eigenvalue weighted by atomic mass is 10.3. The van der Waals surface area contributed by atoms with Gasteiger partial charge in [0.2, 0.25) is 11.7 Å². The van der Waals surface area contributed by atoms with Crippen LogP contribution in [0.2, 0.25) is 0 Å². The molecule has 0 aromatic carbocycles. The van der Waals surface area contributed by atoms with E-state index in [0.717, 1.165) is 32.7 Å². The summed E-state index contributed by atoms with van der Waals surface area (Å²) in [6, 6.07) is 2.98. The van der Waals surface area contributed by atoms with Crippen molar-refractivity contribution in [3.63, 3.8) is 0 Å². The van der Waals surface area contributed by atoms with Crippen LogP contribution in [0.25, 0.3) is 0 Å². The van der Waals surface area contributed by atoms with Gasteiger partial charge in [0.05, 0.1) is 4.92 Å². The van der Waals surface area contributed by atoms with Crippen molar-refractivity contribution >= 4 is 17.4 Å². The van der Waals surface area contributed by atoms with Crippen LogP contribution in [-0.4, -0.2) is 64.9 Å². The van der Waals surface area contributed by atoms with Gasteiger partial charge in [-0.3, -0.25) is 19.8 Å². The average molecular weight is 293 g/mol. The second-order valence-electron chi connectivity index (χ2n) is 4.90. The first kappa shape index (κ1) is 15.2. The number of anilines is 1. The van der Waals surface area contributed by atoms with Gasteiger partial charge in [-0.15, -0.1) is 0 Å². The molecule has 21 heavy (non-hydrogen) atoms. The predicted molar refractivity (Wildman–Crippen MR) is 78.1 cm³/mol. The summed E-state index contributed by atoms with van der Waals surface area (Å²) in [7, 11) is 0. The molecule has 1 N–H and O–H groups in total. The van der Waals surface area contributed by atoms with Crippen LogP contribution in [0.1, 0.15) is 6.92 Å². The van der Waals surface area contributed by atoms with Gasteiger partial charge in [-0.05, 0) is 6.07 Å². The molecule has 0 radical (unpaired) electrons. The number of carbonyl (C=O) groups excluding carboxylic acids is 1. The molecule has 2 heterocycles. The van der Waals surface area contributed by atoms with E-state index in [9.17, 15) is 14.9 Å². The van der Waals surface area contributed by atoms with Gasteiger partial charge in [-0.25, -0.2) is 4.98 Å². The molecule has 0 aliphatic carbocycles. The van der Waals surface area contributed by atoms with E-state index in [2.05, 4.69) is 15.2 Å². The summed E-state index contributed by atoms with van der Waals surface area (Å²) < 4.78 is 0. The number of piperazine rings is 1. The van der Waals surface area contributed by atoms with Crippen molar-refractivity contribution in [2.75, 3.05) is 44.6 Å². The molecule has 2 rings (SSSR count). The molecule has 1 aromatic rings. The van der Waals surface area contributed by atoms with Crippen molar-refractivity contribution in [1.82, 2.24) is 14.8 Å². The van der Waals surface area contributed by atoms with E-state index in [1.807, 2.05) is 4.90 Å². The minimum atomic E-state index is -0.443. The first-order valence-electron chi connectivity index (χ1n) is 6.89. The summed E-state index contributed by atoms with van der Waals surface area (Å²) in [5.74, 6) is 0.404. The molecule has 1 saturated heterocycles. The SMILES string of the molecule is CC(=O)N1CCN(CCNc2ncccc2[N+](=O)[O-])CC1. The molecule has 0 atom stereocenters. The highest BCUT2D eigenvalue weighted by atomic mass is 16.6. The van der Waals surface area contributed by atoms with Gasteiger partial charge >= 0.3 is 5.69 Å². The molecular formula is C13H19N5O3. The Bertz CT molecular complexity index is 514. The van der Waals surface area contributed by atoms with E-state index in [1.165, 1.54) is 12.3 Å². The molecule has 1 amide bonds. The highest BCUT2D eigenvalue weighted by molar-refractivity contribution is 5.73. The maximum absolute atomic E-state index is 11.2. The molecule has 0 unspecified atom stereocenters. The summed E-state index contributed by atoms with van der Waals surface area (Å²) in [6.07, 6.45) is 1.53. The lowest BCUT2D eigenvalue weighted by Crippen LogP contribution is -2.49. The largest absolute Gasteiger partial charge is 0.363 e. The zero-order valence-corrected chi connectivity index (χ0v) is 12.0. The number of nitro groups is 1. The van der Waals surface area contributed by atoms with Gasteiger partial charge < -0.3 is 10.2 Å². The smallest absolute Gasteiger partial charge is 0.311 e. The fourth-order valence-electron chi connectivity index (χ4n) is 2.30. The third-order valence-corrected chi connectivity index (χ3v) is 3.52. The van der Waals surface area contributed by atoms with Crippen LogP contribution in [-0.2, 0) is 4.79 Å². The Balaban J connectivity index is 1.78. The van der Waals surface area contributed by atoms with Crippen LogP contribution < -0.4 is 5.32 Å². The normalized spacial score (nSPS) is 15.8. The number of aromatic nitrogens is 1. The topological polar surface area (TPSA) is 91.6 Å². The zero-order chi connectivity index (χ0) is 15.2.